The zero-order valence-electron chi connectivity index (χ0n) is 47.5. The number of rotatable bonds is 46. The van der Waals surface area contributed by atoms with Crippen molar-refractivity contribution in [2.75, 3.05) is 26.4 Å². The number of hydrogen-bond acceptors (Lipinski definition) is 10. The molecule has 0 bridgehead atoms. The molecule has 3 rings (SSSR count). The van der Waals surface area contributed by atoms with Crippen LogP contribution in [0.5, 0.6) is 0 Å². The summed E-state index contributed by atoms with van der Waals surface area (Å²) in [5.41, 5.74) is 8.83. The van der Waals surface area contributed by atoms with Crippen molar-refractivity contribution in [3.63, 3.8) is 0 Å². The number of esters is 2. The van der Waals surface area contributed by atoms with Gasteiger partial charge in [-0.15, -0.1) is 0 Å². The van der Waals surface area contributed by atoms with Gasteiger partial charge >= 0.3 is 24.1 Å². The molecule has 0 fully saturated rings. The molecule has 2 aromatic rings. The average Bonchev–Trinajstić information content (AvgIpc) is 3.71. The van der Waals surface area contributed by atoms with E-state index in [4.69, 9.17) is 24.7 Å². The molecular formula is C63H103N3O9. The van der Waals surface area contributed by atoms with Gasteiger partial charge in [0.15, 0.2) is 5.78 Å². The predicted octanol–water partition coefficient (Wildman–Crippen LogP) is 15.7. The zero-order chi connectivity index (χ0) is 54.2. The minimum atomic E-state index is -1.33. The van der Waals surface area contributed by atoms with Crippen LogP contribution in [0, 0.1) is 0 Å². The number of carbonyl (C=O) groups excluding carboxylic acids is 5. The lowest BCUT2D eigenvalue weighted by Gasteiger charge is -2.28. The molecule has 0 heterocycles. The summed E-state index contributed by atoms with van der Waals surface area (Å²) in [6, 6.07) is 14.1. The van der Waals surface area contributed by atoms with Crippen LogP contribution < -0.4 is 16.4 Å². The standard InChI is InChI=1S/C63H103N3O9/c1-5-7-9-11-13-15-17-19-21-23-25-27-29-37-47-72-59(68)45-44-57(60(69)73-48-38-30-28-26-24-22-20-18-16-14-12-10-8-6-2)66-62(71)75-63(3,4)49-58(67)56(43-35-36-46-64)65-61(70)74-50-55-53-41-33-31-39-51(53)52-40-32-34-42-54(52)55/h31-34,39-42,55-57H,5-30,35-38,43-50,64H2,1-4H3,(H,65,70)(H,66,71)/t56-,57-/m0/s1. The van der Waals surface area contributed by atoms with Crippen molar-refractivity contribution in [2.45, 2.75) is 270 Å². The second-order valence-electron chi connectivity index (χ2n) is 21.9. The van der Waals surface area contributed by atoms with Gasteiger partial charge in [0.1, 0.15) is 18.2 Å². The normalized spacial score (nSPS) is 12.9. The SMILES string of the molecule is CCCCCCCCCCCCCCCCOC(=O)CC[C@H](NC(=O)OC(C)(C)CC(=O)[C@H](CCCCN)NC(=O)OCC1c2ccccc2-c2ccccc21)C(=O)OCCCCCCCCCCCCCCCC. The second kappa shape index (κ2) is 40.8. The van der Waals surface area contributed by atoms with Crippen LogP contribution in [0.3, 0.4) is 0 Å². The molecule has 12 heteroatoms. The van der Waals surface area contributed by atoms with E-state index in [0.717, 1.165) is 60.8 Å². The predicted molar refractivity (Wildman–Crippen MR) is 304 cm³/mol. The van der Waals surface area contributed by atoms with Gasteiger partial charge < -0.3 is 35.3 Å². The summed E-state index contributed by atoms with van der Waals surface area (Å²) in [4.78, 5) is 67.1. The summed E-state index contributed by atoms with van der Waals surface area (Å²) < 4.78 is 22.8. The van der Waals surface area contributed by atoms with Crippen LogP contribution in [-0.2, 0) is 33.3 Å². The Morgan fingerprint density at radius 1 is 0.507 bits per heavy atom. The number of amides is 2. The van der Waals surface area contributed by atoms with Crippen LogP contribution in [0.25, 0.3) is 11.1 Å². The molecule has 4 N–H and O–H groups in total. The Kier molecular flexibility index (Phi) is 35.2. The van der Waals surface area contributed by atoms with E-state index in [1.807, 2.05) is 36.4 Å². The van der Waals surface area contributed by atoms with Crippen LogP contribution in [-0.4, -0.2) is 74.0 Å². The second-order valence-corrected chi connectivity index (χ2v) is 21.9. The van der Waals surface area contributed by atoms with Crippen molar-refractivity contribution < 1.29 is 42.9 Å². The van der Waals surface area contributed by atoms with Crippen molar-refractivity contribution in [1.29, 1.82) is 0 Å². The average molecular weight is 1050 g/mol. The summed E-state index contributed by atoms with van der Waals surface area (Å²) in [7, 11) is 0. The van der Waals surface area contributed by atoms with Crippen LogP contribution in [0.4, 0.5) is 9.59 Å². The quantitative estimate of drug-likeness (QED) is 0.0329. The summed E-state index contributed by atoms with van der Waals surface area (Å²) in [6.45, 7) is 8.76. The Morgan fingerprint density at radius 3 is 1.40 bits per heavy atom. The highest BCUT2D eigenvalue weighted by Crippen LogP contribution is 2.44. The molecule has 12 nitrogen and oxygen atoms in total. The Balaban J connectivity index is 1.47. The van der Waals surface area contributed by atoms with E-state index >= 15 is 0 Å². The first-order valence-electron chi connectivity index (χ1n) is 30.2. The van der Waals surface area contributed by atoms with E-state index in [1.165, 1.54) is 135 Å². The maximum atomic E-state index is 13.9. The topological polar surface area (TPSA) is 172 Å². The summed E-state index contributed by atoms with van der Waals surface area (Å²) >= 11 is 0. The van der Waals surface area contributed by atoms with Gasteiger partial charge in [-0.3, -0.25) is 9.59 Å². The minimum absolute atomic E-state index is 0.0309. The number of benzene rings is 2. The Morgan fingerprint density at radius 2 is 0.933 bits per heavy atom. The smallest absolute Gasteiger partial charge is 0.408 e. The number of hydrogen-bond donors (Lipinski definition) is 3. The first-order chi connectivity index (χ1) is 36.5. The lowest BCUT2D eigenvalue weighted by molar-refractivity contribution is -0.148. The molecule has 0 aliphatic heterocycles. The first-order valence-corrected chi connectivity index (χ1v) is 30.2. The molecule has 2 atom stereocenters. The largest absolute Gasteiger partial charge is 0.466 e. The molecule has 2 aromatic carbocycles. The highest BCUT2D eigenvalue weighted by Gasteiger charge is 2.34. The maximum absolute atomic E-state index is 13.9. The zero-order valence-corrected chi connectivity index (χ0v) is 47.5. The Labute approximate surface area is 454 Å². The molecule has 1 aliphatic rings. The molecule has 2 amide bonds. The number of fused-ring (bicyclic) bond motifs is 3. The van der Waals surface area contributed by atoms with Crippen LogP contribution in [0.15, 0.2) is 48.5 Å². The lowest BCUT2D eigenvalue weighted by Crippen LogP contribution is -2.47. The first kappa shape index (κ1) is 64.8. The van der Waals surface area contributed by atoms with E-state index < -0.39 is 41.8 Å². The van der Waals surface area contributed by atoms with E-state index in [-0.39, 0.29) is 44.2 Å². The van der Waals surface area contributed by atoms with Gasteiger partial charge in [0, 0.05) is 18.8 Å². The number of alkyl carbamates (subject to hydrolysis) is 2. The van der Waals surface area contributed by atoms with E-state index in [1.54, 1.807) is 13.8 Å². The summed E-state index contributed by atoms with van der Waals surface area (Å²) in [6.07, 6.45) is 33.9. The van der Waals surface area contributed by atoms with Gasteiger partial charge in [0.05, 0.1) is 19.3 Å². The van der Waals surface area contributed by atoms with E-state index in [0.29, 0.717) is 38.8 Å². The number of nitrogens with one attached hydrogen (secondary N) is 2. The lowest BCUT2D eigenvalue weighted by atomic mass is 9.95. The van der Waals surface area contributed by atoms with Gasteiger partial charge in [0.2, 0.25) is 0 Å². The van der Waals surface area contributed by atoms with Gasteiger partial charge in [-0.2, -0.15) is 0 Å². The highest BCUT2D eigenvalue weighted by molar-refractivity contribution is 5.88. The van der Waals surface area contributed by atoms with Crippen molar-refractivity contribution in [3.8, 4) is 11.1 Å². The Bertz CT molecular complexity index is 1820. The van der Waals surface area contributed by atoms with Crippen molar-refractivity contribution >= 4 is 29.9 Å². The van der Waals surface area contributed by atoms with Crippen LogP contribution in [0.2, 0.25) is 0 Å². The molecule has 0 radical (unpaired) electrons. The maximum Gasteiger partial charge on any atom is 0.408 e. The number of unbranched alkanes of at least 4 members (excludes halogenated alkanes) is 27. The van der Waals surface area contributed by atoms with E-state index in [2.05, 4.69) is 36.6 Å². The molecule has 0 spiro atoms. The number of ether oxygens (including phenoxy) is 4. The number of nitrogens with two attached hydrogens (primary N) is 1. The van der Waals surface area contributed by atoms with Crippen LogP contribution in [0.1, 0.15) is 263 Å². The van der Waals surface area contributed by atoms with Gasteiger partial charge in [-0.1, -0.05) is 229 Å². The molecule has 0 aromatic heterocycles. The summed E-state index contributed by atoms with van der Waals surface area (Å²) in [5.74, 6) is -1.58. The van der Waals surface area contributed by atoms with Gasteiger partial charge in [0.25, 0.3) is 0 Å². The monoisotopic (exact) mass is 1050 g/mol. The molecule has 0 unspecified atom stereocenters. The van der Waals surface area contributed by atoms with Crippen molar-refractivity contribution in [3.05, 3.63) is 59.7 Å². The number of carbonyl (C=O) groups is 5. The fourth-order valence-corrected chi connectivity index (χ4v) is 10.2. The third kappa shape index (κ3) is 29.0. The highest BCUT2D eigenvalue weighted by atomic mass is 16.6. The molecule has 0 saturated heterocycles. The van der Waals surface area contributed by atoms with E-state index in [9.17, 15) is 24.0 Å². The summed E-state index contributed by atoms with van der Waals surface area (Å²) in [5, 5.41) is 5.41. The Hall–Kier alpha value is -4.45. The minimum Gasteiger partial charge on any atom is -0.466 e. The third-order valence-corrected chi connectivity index (χ3v) is 14.7. The van der Waals surface area contributed by atoms with Gasteiger partial charge in [-0.05, 0) is 81.2 Å². The van der Waals surface area contributed by atoms with Gasteiger partial charge in [-0.25, -0.2) is 14.4 Å². The van der Waals surface area contributed by atoms with Crippen molar-refractivity contribution in [2.24, 2.45) is 5.73 Å². The fourth-order valence-electron chi connectivity index (χ4n) is 10.2. The molecule has 424 valence electrons. The molecular weight excluding hydrogens is 943 g/mol. The van der Waals surface area contributed by atoms with Crippen LogP contribution >= 0.6 is 0 Å². The molecule has 0 saturated carbocycles. The fraction of sp³-hybridized carbons (Fsp3) is 0.730. The molecule has 1 aliphatic carbocycles. The number of ketones is 1. The van der Waals surface area contributed by atoms with Crippen molar-refractivity contribution in [1.82, 2.24) is 10.6 Å². The molecule has 75 heavy (non-hydrogen) atoms. The number of Topliss-reactive ketones (excluding diaryl/α,β-unsaturated/α-hetero) is 1. The third-order valence-electron chi connectivity index (χ3n) is 14.7.